The summed E-state index contributed by atoms with van der Waals surface area (Å²) in [4.78, 5) is 33.9. The highest BCUT2D eigenvalue weighted by Crippen LogP contribution is 2.21. The lowest BCUT2D eigenvalue weighted by atomic mass is 9.93. The molecule has 1 heterocycles. The van der Waals surface area contributed by atoms with Gasteiger partial charge >= 0.3 is 11.9 Å². The maximum atomic E-state index is 11.3. The Morgan fingerprint density at radius 3 is 2.40 bits per heavy atom. The molecule has 1 rings (SSSR count). The number of nitrogens with two attached hydrogens (primary N) is 1. The zero-order chi connectivity index (χ0) is 11.6. The van der Waals surface area contributed by atoms with Crippen LogP contribution >= 0.6 is 0 Å². The molecule has 0 bridgehead atoms. The van der Waals surface area contributed by atoms with Crippen molar-refractivity contribution in [3.63, 3.8) is 0 Å². The Balaban J connectivity index is 2.73. The van der Waals surface area contributed by atoms with Crippen molar-refractivity contribution >= 4 is 17.8 Å². The summed E-state index contributed by atoms with van der Waals surface area (Å²) < 4.78 is 0. The number of carboxylic acids is 1. The second-order valence-electron chi connectivity index (χ2n) is 3.79. The molecule has 2 atom stereocenters. The minimum absolute atomic E-state index is 0.113. The minimum atomic E-state index is -1.49. The number of hydrogen-bond donors (Lipinski definition) is 2. The number of carbonyl (C=O) groups excluding carboxylic acids is 2. The van der Waals surface area contributed by atoms with Gasteiger partial charge in [0.2, 0.25) is 5.91 Å². The Morgan fingerprint density at radius 1 is 1.33 bits per heavy atom. The van der Waals surface area contributed by atoms with E-state index in [0.29, 0.717) is 12.8 Å². The smallest absolute Gasteiger partial charge is 0.394 e. The zero-order valence-corrected chi connectivity index (χ0v) is 8.47. The Labute approximate surface area is 87.0 Å². The fourth-order valence-electron chi connectivity index (χ4n) is 1.75. The van der Waals surface area contributed by atoms with Crippen molar-refractivity contribution in [1.29, 1.82) is 0 Å². The quantitative estimate of drug-likeness (QED) is 0.557. The molecule has 1 aliphatic rings. The lowest BCUT2D eigenvalue weighted by molar-refractivity contribution is -0.158. The second kappa shape index (κ2) is 4.29. The van der Waals surface area contributed by atoms with Gasteiger partial charge in [-0.2, -0.15) is 0 Å². The van der Waals surface area contributed by atoms with Gasteiger partial charge in [-0.1, -0.05) is 0 Å². The van der Waals surface area contributed by atoms with Crippen molar-refractivity contribution in [1.82, 2.24) is 4.90 Å². The number of carbonyl (C=O) groups is 3. The first-order chi connectivity index (χ1) is 6.93. The summed E-state index contributed by atoms with van der Waals surface area (Å²) in [7, 11) is 0. The third kappa shape index (κ3) is 2.45. The van der Waals surface area contributed by atoms with Crippen LogP contribution in [0.25, 0.3) is 0 Å². The SMILES string of the molecule is CC1CCC(C(N)=O)CN1C(=O)C(=O)O. The third-order valence-corrected chi connectivity index (χ3v) is 2.73. The largest absolute Gasteiger partial charge is 0.474 e. The fourth-order valence-corrected chi connectivity index (χ4v) is 1.75. The summed E-state index contributed by atoms with van der Waals surface area (Å²) in [5.74, 6) is -3.37. The molecule has 1 saturated heterocycles. The molecule has 1 aliphatic heterocycles. The maximum Gasteiger partial charge on any atom is 0.394 e. The standard InChI is InChI=1S/C9H14N2O4/c1-5-2-3-6(7(10)12)4-11(5)8(13)9(14)15/h5-6H,2-4H2,1H3,(H2,10,12)(H,14,15). The van der Waals surface area contributed by atoms with Crippen LogP contribution in [-0.4, -0.2) is 40.4 Å². The van der Waals surface area contributed by atoms with Crippen LogP contribution in [-0.2, 0) is 14.4 Å². The monoisotopic (exact) mass is 214 g/mol. The predicted octanol–water partition coefficient (Wildman–Crippen LogP) is -0.817. The highest BCUT2D eigenvalue weighted by molar-refractivity contribution is 6.31. The van der Waals surface area contributed by atoms with Crippen LogP contribution in [0.3, 0.4) is 0 Å². The van der Waals surface area contributed by atoms with Crippen molar-refractivity contribution in [2.75, 3.05) is 6.54 Å². The summed E-state index contributed by atoms with van der Waals surface area (Å²) >= 11 is 0. The maximum absolute atomic E-state index is 11.3. The molecule has 0 saturated carbocycles. The summed E-state index contributed by atoms with van der Waals surface area (Å²) in [6, 6.07) is -0.149. The molecule has 84 valence electrons. The lowest BCUT2D eigenvalue weighted by Gasteiger charge is -2.35. The van der Waals surface area contributed by atoms with Crippen molar-refractivity contribution in [3.8, 4) is 0 Å². The number of nitrogens with zero attached hydrogens (tertiary/aromatic N) is 1. The van der Waals surface area contributed by atoms with Gasteiger partial charge in [0.25, 0.3) is 0 Å². The molecule has 0 aliphatic carbocycles. The molecular formula is C9H14N2O4. The number of amides is 2. The van der Waals surface area contributed by atoms with Crippen molar-refractivity contribution in [3.05, 3.63) is 0 Å². The van der Waals surface area contributed by atoms with Gasteiger partial charge in [-0.3, -0.25) is 9.59 Å². The van der Waals surface area contributed by atoms with Crippen LogP contribution in [0.2, 0.25) is 0 Å². The molecule has 0 aromatic heterocycles. The summed E-state index contributed by atoms with van der Waals surface area (Å²) in [6.07, 6.45) is 1.21. The first kappa shape index (κ1) is 11.5. The van der Waals surface area contributed by atoms with E-state index >= 15 is 0 Å². The van der Waals surface area contributed by atoms with E-state index in [2.05, 4.69) is 0 Å². The number of carboxylic acid groups (broad SMARTS) is 1. The first-order valence-electron chi connectivity index (χ1n) is 4.76. The van der Waals surface area contributed by atoms with E-state index in [-0.39, 0.29) is 12.6 Å². The van der Waals surface area contributed by atoms with Gasteiger partial charge < -0.3 is 15.7 Å². The van der Waals surface area contributed by atoms with Gasteiger partial charge in [0, 0.05) is 12.6 Å². The highest BCUT2D eigenvalue weighted by Gasteiger charge is 2.34. The van der Waals surface area contributed by atoms with Gasteiger partial charge in [0.05, 0.1) is 5.92 Å². The summed E-state index contributed by atoms with van der Waals surface area (Å²) in [5, 5.41) is 8.57. The third-order valence-electron chi connectivity index (χ3n) is 2.73. The molecule has 0 spiro atoms. The molecule has 0 radical (unpaired) electrons. The van der Waals surface area contributed by atoms with Crippen LogP contribution in [0.4, 0.5) is 0 Å². The van der Waals surface area contributed by atoms with E-state index in [1.807, 2.05) is 0 Å². The number of hydrogen-bond acceptors (Lipinski definition) is 3. The van der Waals surface area contributed by atoms with Gasteiger partial charge in [-0.25, -0.2) is 4.79 Å². The number of primary amides is 1. The van der Waals surface area contributed by atoms with Crippen LogP contribution in [0.5, 0.6) is 0 Å². The Bertz CT molecular complexity index is 302. The topological polar surface area (TPSA) is 101 Å². The molecule has 0 aromatic rings. The minimum Gasteiger partial charge on any atom is -0.474 e. The Hall–Kier alpha value is -1.59. The molecule has 6 nitrogen and oxygen atoms in total. The van der Waals surface area contributed by atoms with E-state index in [0.717, 1.165) is 0 Å². The van der Waals surface area contributed by atoms with Crippen LogP contribution in [0.1, 0.15) is 19.8 Å². The normalized spacial score (nSPS) is 26.1. The first-order valence-corrected chi connectivity index (χ1v) is 4.76. The van der Waals surface area contributed by atoms with Crippen molar-refractivity contribution < 1.29 is 19.5 Å². The van der Waals surface area contributed by atoms with E-state index < -0.39 is 23.7 Å². The molecule has 0 aromatic carbocycles. The van der Waals surface area contributed by atoms with Crippen molar-refractivity contribution in [2.24, 2.45) is 11.7 Å². The van der Waals surface area contributed by atoms with Gasteiger partial charge in [-0.05, 0) is 19.8 Å². The Kier molecular flexibility index (Phi) is 3.28. The van der Waals surface area contributed by atoms with E-state index in [9.17, 15) is 14.4 Å². The predicted molar refractivity (Wildman–Crippen MR) is 50.7 cm³/mol. The average molecular weight is 214 g/mol. The van der Waals surface area contributed by atoms with Gasteiger partial charge in [-0.15, -0.1) is 0 Å². The molecule has 1 fully saturated rings. The lowest BCUT2D eigenvalue weighted by Crippen LogP contribution is -2.50. The van der Waals surface area contributed by atoms with Gasteiger partial charge in [0.1, 0.15) is 0 Å². The van der Waals surface area contributed by atoms with Crippen LogP contribution in [0.15, 0.2) is 0 Å². The molecule has 2 amide bonds. The van der Waals surface area contributed by atoms with E-state index in [1.165, 1.54) is 4.90 Å². The number of likely N-dealkylation sites (tertiary alicyclic amines) is 1. The van der Waals surface area contributed by atoms with Crippen LogP contribution in [0, 0.1) is 5.92 Å². The molecule has 6 heteroatoms. The molecule has 2 unspecified atom stereocenters. The van der Waals surface area contributed by atoms with E-state index in [4.69, 9.17) is 10.8 Å². The fraction of sp³-hybridized carbons (Fsp3) is 0.667. The van der Waals surface area contributed by atoms with Gasteiger partial charge in [0.15, 0.2) is 0 Å². The van der Waals surface area contributed by atoms with Crippen molar-refractivity contribution in [2.45, 2.75) is 25.8 Å². The summed E-state index contributed by atoms with van der Waals surface area (Å²) in [5.41, 5.74) is 5.13. The molecule has 15 heavy (non-hydrogen) atoms. The molecule has 3 N–H and O–H groups in total. The summed E-state index contributed by atoms with van der Waals surface area (Å²) in [6.45, 7) is 1.87. The number of aliphatic carboxylic acids is 1. The van der Waals surface area contributed by atoms with Crippen LogP contribution < -0.4 is 5.73 Å². The highest BCUT2D eigenvalue weighted by atomic mass is 16.4. The average Bonchev–Trinajstić information content (AvgIpc) is 2.16. The zero-order valence-electron chi connectivity index (χ0n) is 8.47. The van der Waals surface area contributed by atoms with E-state index in [1.54, 1.807) is 6.92 Å². The number of piperidine rings is 1. The second-order valence-corrected chi connectivity index (χ2v) is 3.79. The number of rotatable bonds is 1. The Morgan fingerprint density at radius 2 is 1.93 bits per heavy atom. The molecular weight excluding hydrogens is 200 g/mol.